The summed E-state index contributed by atoms with van der Waals surface area (Å²) in [6.07, 6.45) is 2.86. The summed E-state index contributed by atoms with van der Waals surface area (Å²) in [6, 6.07) is 0. The number of esters is 1. The van der Waals surface area contributed by atoms with Crippen LogP contribution in [0.1, 0.15) is 25.1 Å². The summed E-state index contributed by atoms with van der Waals surface area (Å²) in [4.78, 5) is 12.0. The molecule has 0 saturated heterocycles. The molecule has 3 atom stereocenters. The van der Waals surface area contributed by atoms with Crippen LogP contribution in [-0.2, 0) is 21.4 Å². The Morgan fingerprint density at radius 2 is 2.60 bits per heavy atom. The summed E-state index contributed by atoms with van der Waals surface area (Å²) in [5, 5.41) is 7.06. The van der Waals surface area contributed by atoms with E-state index >= 15 is 0 Å². The van der Waals surface area contributed by atoms with Gasteiger partial charge in [0, 0.05) is 6.20 Å². The number of hydrogen-bond acceptors (Lipinski definition) is 3. The van der Waals surface area contributed by atoms with Crippen molar-refractivity contribution in [3.63, 3.8) is 0 Å². The molecule has 3 unspecified atom stereocenters. The van der Waals surface area contributed by atoms with E-state index in [1.807, 2.05) is 13.1 Å². The number of ether oxygens (including phenoxy) is 1. The Hall–Kier alpha value is -1.32. The van der Waals surface area contributed by atoms with Crippen LogP contribution in [0.25, 0.3) is 0 Å². The maximum absolute atomic E-state index is 12.0. The zero-order valence-corrected chi connectivity index (χ0v) is 8.91. The van der Waals surface area contributed by atoms with E-state index in [9.17, 15) is 4.79 Å². The number of nitrogens with one attached hydrogen (secondary N) is 1. The van der Waals surface area contributed by atoms with Crippen LogP contribution in [0.5, 0.6) is 0 Å². The monoisotopic (exact) mass is 206 g/mol. The first-order valence-corrected chi connectivity index (χ1v) is 5.43. The van der Waals surface area contributed by atoms with Crippen LogP contribution in [0.2, 0.25) is 0 Å². The second-order valence-electron chi connectivity index (χ2n) is 4.45. The van der Waals surface area contributed by atoms with Gasteiger partial charge < -0.3 is 4.74 Å². The van der Waals surface area contributed by atoms with Gasteiger partial charge in [0.25, 0.3) is 0 Å². The SMILES string of the molecule is CCOC(=O)C12c3n[nH]cc3CC1C2C. The molecule has 1 saturated carbocycles. The Kier molecular flexibility index (Phi) is 1.56. The van der Waals surface area contributed by atoms with Gasteiger partial charge in [-0.3, -0.25) is 9.89 Å². The predicted octanol–water partition coefficient (Wildman–Crippen LogP) is 1.03. The quantitative estimate of drug-likeness (QED) is 0.735. The van der Waals surface area contributed by atoms with E-state index in [2.05, 4.69) is 17.1 Å². The number of fused-ring (bicyclic) bond motifs is 3. The third-order valence-corrected chi connectivity index (χ3v) is 3.96. The van der Waals surface area contributed by atoms with Crippen LogP contribution in [0.3, 0.4) is 0 Å². The lowest BCUT2D eigenvalue weighted by molar-refractivity contribution is -0.147. The molecule has 1 fully saturated rings. The van der Waals surface area contributed by atoms with Gasteiger partial charge in [0.2, 0.25) is 0 Å². The molecule has 0 radical (unpaired) electrons. The van der Waals surface area contributed by atoms with E-state index in [4.69, 9.17) is 4.74 Å². The average Bonchev–Trinajstić information content (AvgIpc) is 2.58. The molecule has 0 aliphatic heterocycles. The Labute approximate surface area is 88.0 Å². The smallest absolute Gasteiger partial charge is 0.318 e. The largest absolute Gasteiger partial charge is 0.465 e. The molecule has 4 nitrogen and oxygen atoms in total. The van der Waals surface area contributed by atoms with Crippen LogP contribution in [0, 0.1) is 11.8 Å². The van der Waals surface area contributed by atoms with Crippen LogP contribution in [0.15, 0.2) is 6.20 Å². The van der Waals surface area contributed by atoms with E-state index in [-0.39, 0.29) is 5.97 Å². The molecule has 0 spiro atoms. The van der Waals surface area contributed by atoms with Crippen molar-refractivity contribution in [2.45, 2.75) is 25.7 Å². The second-order valence-corrected chi connectivity index (χ2v) is 4.45. The first kappa shape index (κ1) is 8.95. The lowest BCUT2D eigenvalue weighted by Gasteiger charge is -2.11. The first-order chi connectivity index (χ1) is 7.22. The van der Waals surface area contributed by atoms with Crippen molar-refractivity contribution in [1.29, 1.82) is 0 Å². The maximum Gasteiger partial charge on any atom is 0.318 e. The molecule has 4 heteroatoms. The number of aromatic amines is 1. The Morgan fingerprint density at radius 1 is 1.80 bits per heavy atom. The predicted molar refractivity (Wildman–Crippen MR) is 53.3 cm³/mol. The van der Waals surface area contributed by atoms with E-state index in [0.29, 0.717) is 18.4 Å². The topological polar surface area (TPSA) is 55.0 Å². The molecule has 1 aromatic rings. The molecule has 15 heavy (non-hydrogen) atoms. The van der Waals surface area contributed by atoms with Crippen molar-refractivity contribution in [2.24, 2.45) is 11.8 Å². The maximum atomic E-state index is 12.0. The van der Waals surface area contributed by atoms with Crippen LogP contribution in [0.4, 0.5) is 0 Å². The molecular formula is C11H14N2O2. The van der Waals surface area contributed by atoms with Gasteiger partial charge in [-0.1, -0.05) is 6.92 Å². The van der Waals surface area contributed by atoms with Crippen LogP contribution in [-0.4, -0.2) is 22.8 Å². The number of H-pyrrole nitrogens is 1. The summed E-state index contributed by atoms with van der Waals surface area (Å²) in [5.41, 5.74) is 1.70. The average molecular weight is 206 g/mol. The zero-order chi connectivity index (χ0) is 10.6. The third-order valence-electron chi connectivity index (χ3n) is 3.96. The third kappa shape index (κ3) is 0.833. The highest BCUT2D eigenvalue weighted by molar-refractivity contribution is 5.89. The van der Waals surface area contributed by atoms with Crippen molar-refractivity contribution in [2.75, 3.05) is 6.61 Å². The van der Waals surface area contributed by atoms with Gasteiger partial charge in [-0.2, -0.15) is 5.10 Å². The van der Waals surface area contributed by atoms with Gasteiger partial charge in [-0.05, 0) is 30.7 Å². The fourth-order valence-electron chi connectivity index (χ4n) is 3.13. The second kappa shape index (κ2) is 2.62. The number of nitrogens with zero attached hydrogens (tertiary/aromatic N) is 1. The van der Waals surface area contributed by atoms with Gasteiger partial charge in [0.15, 0.2) is 0 Å². The Bertz CT molecular complexity index is 426. The summed E-state index contributed by atoms with van der Waals surface area (Å²) >= 11 is 0. The van der Waals surface area contributed by atoms with Crippen molar-refractivity contribution in [1.82, 2.24) is 10.2 Å². The van der Waals surface area contributed by atoms with Crippen molar-refractivity contribution in [3.05, 3.63) is 17.5 Å². The normalized spacial score (nSPS) is 35.9. The molecular weight excluding hydrogens is 192 g/mol. The Balaban J connectivity index is 2.02. The lowest BCUT2D eigenvalue weighted by atomic mass is 10.00. The molecule has 1 N–H and O–H groups in total. The van der Waals surface area contributed by atoms with Crippen molar-refractivity contribution < 1.29 is 9.53 Å². The molecule has 80 valence electrons. The molecule has 0 aromatic carbocycles. The van der Waals surface area contributed by atoms with Crippen molar-refractivity contribution in [3.8, 4) is 0 Å². The van der Waals surface area contributed by atoms with E-state index in [0.717, 1.165) is 12.1 Å². The molecule has 2 aliphatic rings. The summed E-state index contributed by atoms with van der Waals surface area (Å²) < 4.78 is 5.17. The van der Waals surface area contributed by atoms with Gasteiger partial charge in [0.1, 0.15) is 5.41 Å². The lowest BCUT2D eigenvalue weighted by Crippen LogP contribution is -2.26. The van der Waals surface area contributed by atoms with Gasteiger partial charge in [0.05, 0.1) is 12.3 Å². The number of rotatable bonds is 2. The van der Waals surface area contributed by atoms with Gasteiger partial charge in [-0.25, -0.2) is 0 Å². The molecule has 0 bridgehead atoms. The minimum Gasteiger partial charge on any atom is -0.465 e. The molecule has 1 aromatic heterocycles. The van der Waals surface area contributed by atoms with Gasteiger partial charge in [-0.15, -0.1) is 0 Å². The Morgan fingerprint density at radius 3 is 3.33 bits per heavy atom. The van der Waals surface area contributed by atoms with Crippen molar-refractivity contribution >= 4 is 5.97 Å². The highest BCUT2D eigenvalue weighted by Crippen LogP contribution is 2.66. The molecule has 3 rings (SSSR count). The van der Waals surface area contributed by atoms with Gasteiger partial charge >= 0.3 is 5.97 Å². The summed E-state index contributed by atoms with van der Waals surface area (Å²) in [5.74, 6) is 0.712. The van der Waals surface area contributed by atoms with Crippen LogP contribution >= 0.6 is 0 Å². The fraction of sp³-hybridized carbons (Fsp3) is 0.636. The zero-order valence-electron chi connectivity index (χ0n) is 8.91. The van der Waals surface area contributed by atoms with E-state index in [1.54, 1.807) is 0 Å². The molecule has 2 aliphatic carbocycles. The summed E-state index contributed by atoms with van der Waals surface area (Å²) in [7, 11) is 0. The van der Waals surface area contributed by atoms with E-state index in [1.165, 1.54) is 5.56 Å². The standard InChI is InChI=1S/C11H14N2O2/c1-3-15-10(14)11-6(2)8(11)4-7-5-12-13-9(7)11/h5-6,8H,3-4H2,1-2H3,(H,12,13). The fourth-order valence-corrected chi connectivity index (χ4v) is 3.13. The first-order valence-electron chi connectivity index (χ1n) is 5.43. The van der Waals surface area contributed by atoms with E-state index < -0.39 is 5.41 Å². The number of carbonyl (C=O) groups is 1. The number of aromatic nitrogens is 2. The minimum absolute atomic E-state index is 0.0895. The number of hydrogen-bond donors (Lipinski definition) is 1. The minimum atomic E-state index is -0.411. The number of carbonyl (C=O) groups excluding carboxylic acids is 1. The summed E-state index contributed by atoms with van der Waals surface area (Å²) in [6.45, 7) is 4.40. The molecule has 1 heterocycles. The highest BCUT2D eigenvalue weighted by atomic mass is 16.5. The highest BCUT2D eigenvalue weighted by Gasteiger charge is 2.74. The molecule has 0 amide bonds. The van der Waals surface area contributed by atoms with Crippen LogP contribution < -0.4 is 0 Å².